The second kappa shape index (κ2) is 4.76. The van der Waals surface area contributed by atoms with Crippen LogP contribution >= 0.6 is 11.6 Å². The van der Waals surface area contributed by atoms with Crippen molar-refractivity contribution in [2.75, 3.05) is 0 Å². The molecule has 0 aliphatic heterocycles. The van der Waals surface area contributed by atoms with Gasteiger partial charge in [-0.25, -0.2) is 4.98 Å². The molecule has 88 valence electrons. The van der Waals surface area contributed by atoms with Gasteiger partial charge in [0.25, 0.3) is 0 Å². The minimum absolute atomic E-state index is 0.558. The van der Waals surface area contributed by atoms with Crippen LogP contribution in [0.2, 0.25) is 5.02 Å². The summed E-state index contributed by atoms with van der Waals surface area (Å²) < 4.78 is 5.76. The third-order valence-corrected chi connectivity index (χ3v) is 2.90. The number of aromatic nitrogens is 1. The molecule has 0 aliphatic rings. The van der Waals surface area contributed by atoms with E-state index < -0.39 is 0 Å². The molecule has 0 radical (unpaired) electrons. The maximum atomic E-state index is 5.78. The molecule has 3 heteroatoms. The highest BCUT2D eigenvalue weighted by molar-refractivity contribution is 6.30. The predicted octanol–water partition coefficient (Wildman–Crippen LogP) is 4.45. The van der Waals surface area contributed by atoms with Crippen molar-refractivity contribution in [3.63, 3.8) is 0 Å². The molecule has 1 aromatic carbocycles. The number of rotatable bonds is 2. The Bertz CT molecular complexity index is 535. The van der Waals surface area contributed by atoms with Gasteiger partial charge in [0.1, 0.15) is 5.75 Å². The van der Waals surface area contributed by atoms with E-state index in [9.17, 15) is 0 Å². The molecule has 1 heterocycles. The lowest BCUT2D eigenvalue weighted by Crippen LogP contribution is -1.93. The first-order valence-corrected chi connectivity index (χ1v) is 5.81. The summed E-state index contributed by atoms with van der Waals surface area (Å²) in [6.07, 6.45) is 1.58. The average Bonchev–Trinajstić information content (AvgIpc) is 2.28. The van der Waals surface area contributed by atoms with Crippen molar-refractivity contribution in [1.82, 2.24) is 4.98 Å². The lowest BCUT2D eigenvalue weighted by molar-refractivity contribution is 0.458. The van der Waals surface area contributed by atoms with Gasteiger partial charge in [0.15, 0.2) is 0 Å². The Balaban J connectivity index is 2.32. The van der Waals surface area contributed by atoms with Crippen LogP contribution in [0.15, 0.2) is 30.5 Å². The van der Waals surface area contributed by atoms with Crippen molar-refractivity contribution in [2.45, 2.75) is 20.8 Å². The molecular formula is C14H14ClNO. The monoisotopic (exact) mass is 247 g/mol. The lowest BCUT2D eigenvalue weighted by atomic mass is 10.1. The van der Waals surface area contributed by atoms with Crippen LogP contribution < -0.4 is 4.74 Å². The minimum Gasteiger partial charge on any atom is -0.439 e. The van der Waals surface area contributed by atoms with Gasteiger partial charge in [-0.05, 0) is 49.6 Å². The van der Waals surface area contributed by atoms with Crippen LogP contribution in [0.5, 0.6) is 11.6 Å². The van der Waals surface area contributed by atoms with Gasteiger partial charge < -0.3 is 4.74 Å². The molecule has 2 aromatic rings. The number of hydrogen-bond acceptors (Lipinski definition) is 2. The molecule has 2 nitrogen and oxygen atoms in total. The molecule has 0 aliphatic carbocycles. The Labute approximate surface area is 106 Å². The summed E-state index contributed by atoms with van der Waals surface area (Å²) in [5.74, 6) is 1.40. The summed E-state index contributed by atoms with van der Waals surface area (Å²) in [6.45, 7) is 6.17. The first-order chi connectivity index (χ1) is 8.06. The molecule has 0 N–H and O–H groups in total. The molecule has 0 amide bonds. The van der Waals surface area contributed by atoms with Crippen LogP contribution in [-0.4, -0.2) is 4.98 Å². The van der Waals surface area contributed by atoms with Crippen molar-refractivity contribution in [3.05, 3.63) is 52.2 Å². The van der Waals surface area contributed by atoms with E-state index in [1.165, 1.54) is 11.1 Å². The Morgan fingerprint density at radius 2 is 1.88 bits per heavy atom. The summed E-state index contributed by atoms with van der Waals surface area (Å²) in [5.41, 5.74) is 3.53. The Morgan fingerprint density at radius 1 is 1.12 bits per heavy atom. The topological polar surface area (TPSA) is 22.1 Å². The van der Waals surface area contributed by atoms with E-state index in [1.54, 1.807) is 18.3 Å². The van der Waals surface area contributed by atoms with Crippen LogP contribution in [0.25, 0.3) is 0 Å². The molecule has 0 spiro atoms. The first kappa shape index (κ1) is 11.9. The number of nitrogens with zero attached hydrogens (tertiary/aromatic N) is 1. The zero-order valence-corrected chi connectivity index (χ0v) is 10.9. The van der Waals surface area contributed by atoms with E-state index in [1.807, 2.05) is 13.0 Å². The molecule has 0 unspecified atom stereocenters. The van der Waals surface area contributed by atoms with Crippen LogP contribution in [0, 0.1) is 20.8 Å². The highest BCUT2D eigenvalue weighted by Crippen LogP contribution is 2.27. The third-order valence-electron chi connectivity index (χ3n) is 2.68. The second-order valence-corrected chi connectivity index (χ2v) is 4.56. The van der Waals surface area contributed by atoms with E-state index in [0.29, 0.717) is 10.9 Å². The van der Waals surface area contributed by atoms with Gasteiger partial charge in [-0.1, -0.05) is 17.7 Å². The maximum Gasteiger partial charge on any atom is 0.219 e. The van der Waals surface area contributed by atoms with Crippen LogP contribution in [-0.2, 0) is 0 Å². The normalized spacial score (nSPS) is 10.4. The molecule has 0 fully saturated rings. The number of pyridine rings is 1. The van der Waals surface area contributed by atoms with E-state index in [2.05, 4.69) is 24.9 Å². The van der Waals surface area contributed by atoms with Crippen molar-refractivity contribution in [2.24, 2.45) is 0 Å². The number of hydrogen-bond donors (Lipinski definition) is 0. The molecule has 17 heavy (non-hydrogen) atoms. The van der Waals surface area contributed by atoms with Crippen LogP contribution in [0.3, 0.4) is 0 Å². The molecule has 0 atom stereocenters. The molecule has 1 aromatic heterocycles. The largest absolute Gasteiger partial charge is 0.439 e. The second-order valence-electron chi connectivity index (χ2n) is 4.12. The molecule has 0 saturated carbocycles. The molecular weight excluding hydrogens is 234 g/mol. The third kappa shape index (κ3) is 2.77. The van der Waals surface area contributed by atoms with E-state index >= 15 is 0 Å². The van der Waals surface area contributed by atoms with E-state index in [-0.39, 0.29) is 0 Å². The van der Waals surface area contributed by atoms with Crippen LogP contribution in [0.1, 0.15) is 16.7 Å². The summed E-state index contributed by atoms with van der Waals surface area (Å²) in [6, 6.07) is 7.68. The fraction of sp³-hybridized carbons (Fsp3) is 0.214. The predicted molar refractivity (Wildman–Crippen MR) is 70.0 cm³/mol. The van der Waals surface area contributed by atoms with Gasteiger partial charge in [-0.3, -0.25) is 0 Å². The van der Waals surface area contributed by atoms with Gasteiger partial charge in [0.05, 0.1) is 5.02 Å². The highest BCUT2D eigenvalue weighted by Gasteiger charge is 2.05. The van der Waals surface area contributed by atoms with Crippen molar-refractivity contribution in [3.8, 4) is 11.6 Å². The smallest absolute Gasteiger partial charge is 0.219 e. The summed E-state index contributed by atoms with van der Waals surface area (Å²) in [4.78, 5) is 4.12. The van der Waals surface area contributed by atoms with Gasteiger partial charge in [0.2, 0.25) is 5.88 Å². The summed E-state index contributed by atoms with van der Waals surface area (Å²) >= 11 is 5.78. The van der Waals surface area contributed by atoms with Gasteiger partial charge in [-0.15, -0.1) is 0 Å². The fourth-order valence-corrected chi connectivity index (χ4v) is 1.75. The Hall–Kier alpha value is -1.54. The number of halogens is 1. The van der Waals surface area contributed by atoms with Crippen molar-refractivity contribution in [1.29, 1.82) is 0 Å². The SMILES string of the molecule is Cc1cc(C)c(C)c(Oc2ccc(Cl)cn2)c1. The Morgan fingerprint density at radius 3 is 2.53 bits per heavy atom. The van der Waals surface area contributed by atoms with Crippen molar-refractivity contribution < 1.29 is 4.74 Å². The fourth-order valence-electron chi connectivity index (χ4n) is 1.64. The Kier molecular flexibility index (Phi) is 3.34. The highest BCUT2D eigenvalue weighted by atomic mass is 35.5. The maximum absolute atomic E-state index is 5.78. The van der Waals surface area contributed by atoms with E-state index in [4.69, 9.17) is 16.3 Å². The van der Waals surface area contributed by atoms with Crippen molar-refractivity contribution >= 4 is 11.6 Å². The standard InChI is InChI=1S/C14H14ClNO/c1-9-6-10(2)11(3)13(7-9)17-14-5-4-12(15)8-16-14/h4-8H,1-3H3. The quantitative estimate of drug-likeness (QED) is 0.782. The number of ether oxygens (including phenoxy) is 1. The minimum atomic E-state index is 0.558. The number of aryl methyl sites for hydroxylation is 2. The average molecular weight is 248 g/mol. The van der Waals surface area contributed by atoms with Gasteiger partial charge >= 0.3 is 0 Å². The summed E-state index contributed by atoms with van der Waals surface area (Å²) in [7, 11) is 0. The lowest BCUT2D eigenvalue weighted by Gasteiger charge is -2.11. The van der Waals surface area contributed by atoms with E-state index in [0.717, 1.165) is 11.3 Å². The zero-order chi connectivity index (χ0) is 12.4. The number of benzene rings is 1. The van der Waals surface area contributed by atoms with Gasteiger partial charge in [-0.2, -0.15) is 0 Å². The zero-order valence-electron chi connectivity index (χ0n) is 10.1. The summed E-state index contributed by atoms with van der Waals surface area (Å²) in [5, 5.41) is 0.606. The molecule has 0 bridgehead atoms. The van der Waals surface area contributed by atoms with Crippen LogP contribution in [0.4, 0.5) is 0 Å². The van der Waals surface area contributed by atoms with Gasteiger partial charge in [0, 0.05) is 12.3 Å². The first-order valence-electron chi connectivity index (χ1n) is 5.43. The molecule has 2 rings (SSSR count). The molecule has 0 saturated heterocycles.